The lowest BCUT2D eigenvalue weighted by molar-refractivity contribution is 1.38. The third-order valence-corrected chi connectivity index (χ3v) is 3.66. The quantitative estimate of drug-likeness (QED) is 0.359. The van der Waals surface area contributed by atoms with Crippen LogP contribution in [0.4, 0.5) is 0 Å². The van der Waals surface area contributed by atoms with Gasteiger partial charge in [-0.25, -0.2) is 0 Å². The summed E-state index contributed by atoms with van der Waals surface area (Å²) in [5.41, 5.74) is 0. The lowest BCUT2D eigenvalue weighted by Gasteiger charge is -1.94. The van der Waals surface area contributed by atoms with Crippen LogP contribution in [0.2, 0.25) is 0 Å². The molecule has 0 aliphatic rings. The van der Waals surface area contributed by atoms with E-state index in [4.69, 9.17) is 0 Å². The zero-order valence-electron chi connectivity index (χ0n) is 5.62. The van der Waals surface area contributed by atoms with Crippen molar-refractivity contribution in [1.82, 2.24) is 0 Å². The van der Waals surface area contributed by atoms with E-state index < -0.39 is 0 Å². The Kier molecular flexibility index (Phi) is 10.7. The van der Waals surface area contributed by atoms with Gasteiger partial charge < -0.3 is 0 Å². The Hall–Kier alpha value is 0.880. The molecule has 0 N–H and O–H groups in total. The van der Waals surface area contributed by atoms with Crippen LogP contribution in [0.15, 0.2) is 0 Å². The van der Waals surface area contributed by atoms with E-state index in [0.717, 1.165) is 24.3 Å². The highest BCUT2D eigenvalue weighted by Gasteiger charge is 1.86. The molecule has 58 valence electrons. The van der Waals surface area contributed by atoms with E-state index in [1.165, 1.54) is 0 Å². The zero-order valence-corrected chi connectivity index (χ0v) is 8.88. The standard InChI is InChI=1S/C6H10S4/c7-3-1-5-9-10-6-2-4-8/h3-4H,1-2,5-6H2. The summed E-state index contributed by atoms with van der Waals surface area (Å²) in [7, 11) is 3.74. The molecule has 0 atom stereocenters. The van der Waals surface area contributed by atoms with E-state index in [0.29, 0.717) is 0 Å². The van der Waals surface area contributed by atoms with Crippen LogP contribution in [0.3, 0.4) is 0 Å². The smallest absolute Gasteiger partial charge is 0.00797 e. The Morgan fingerprint density at radius 3 is 1.60 bits per heavy atom. The highest BCUT2D eigenvalue weighted by Crippen LogP contribution is 2.21. The Morgan fingerprint density at radius 1 is 0.900 bits per heavy atom. The van der Waals surface area contributed by atoms with Crippen LogP contribution in [-0.2, 0) is 0 Å². The Labute approximate surface area is 80.9 Å². The van der Waals surface area contributed by atoms with E-state index in [-0.39, 0.29) is 0 Å². The lowest BCUT2D eigenvalue weighted by atomic mass is 10.6. The van der Waals surface area contributed by atoms with Crippen LogP contribution in [0, 0.1) is 0 Å². The molecule has 0 saturated heterocycles. The zero-order chi connectivity index (χ0) is 7.66. The summed E-state index contributed by atoms with van der Waals surface area (Å²) in [6, 6.07) is 0. The van der Waals surface area contributed by atoms with Crippen LogP contribution >= 0.6 is 46.0 Å². The SMILES string of the molecule is S=CCCSSCCC=S. The minimum atomic E-state index is 1.03. The fourth-order valence-electron chi connectivity index (χ4n) is 0.310. The van der Waals surface area contributed by atoms with Crippen molar-refractivity contribution in [3.05, 3.63) is 0 Å². The molecule has 4 heteroatoms. The van der Waals surface area contributed by atoms with Crippen molar-refractivity contribution in [2.24, 2.45) is 0 Å². The van der Waals surface area contributed by atoms with E-state index >= 15 is 0 Å². The maximum absolute atomic E-state index is 4.68. The third-order valence-electron chi connectivity index (χ3n) is 0.721. The second-order valence-corrected chi connectivity index (χ2v) is 4.92. The molecule has 0 aromatic carbocycles. The van der Waals surface area contributed by atoms with Gasteiger partial charge in [0.25, 0.3) is 0 Å². The summed E-state index contributed by atoms with van der Waals surface area (Å²) in [6.07, 6.45) is 2.06. The summed E-state index contributed by atoms with van der Waals surface area (Å²) < 4.78 is 0. The monoisotopic (exact) mass is 210 g/mol. The first kappa shape index (κ1) is 10.9. The van der Waals surface area contributed by atoms with Gasteiger partial charge in [0.05, 0.1) is 0 Å². The fourth-order valence-corrected chi connectivity index (χ4v) is 2.79. The molecular formula is C6H10S4. The molecule has 0 aromatic rings. The van der Waals surface area contributed by atoms with Gasteiger partial charge in [0, 0.05) is 11.5 Å². The predicted octanol–water partition coefficient (Wildman–Crippen LogP) is 3.15. The highest BCUT2D eigenvalue weighted by atomic mass is 33.1. The second kappa shape index (κ2) is 9.88. The Balaban J connectivity index is 2.76. The first-order valence-electron chi connectivity index (χ1n) is 3.03. The molecule has 10 heavy (non-hydrogen) atoms. The van der Waals surface area contributed by atoms with E-state index in [1.807, 2.05) is 21.6 Å². The van der Waals surface area contributed by atoms with Crippen LogP contribution in [0.1, 0.15) is 12.8 Å². The van der Waals surface area contributed by atoms with Crippen molar-refractivity contribution in [2.45, 2.75) is 12.8 Å². The molecular weight excluding hydrogens is 200 g/mol. The molecule has 0 unspecified atom stereocenters. The first-order chi connectivity index (χ1) is 4.91. The van der Waals surface area contributed by atoms with Gasteiger partial charge in [-0.1, -0.05) is 46.0 Å². The van der Waals surface area contributed by atoms with Crippen molar-refractivity contribution in [3.8, 4) is 0 Å². The average molecular weight is 210 g/mol. The summed E-state index contributed by atoms with van der Waals surface area (Å²) in [6.45, 7) is 0. The normalized spacial score (nSPS) is 9.20. The molecule has 0 aliphatic heterocycles. The van der Waals surface area contributed by atoms with Crippen LogP contribution in [0.25, 0.3) is 0 Å². The molecule has 0 aliphatic carbocycles. The third kappa shape index (κ3) is 8.88. The molecule has 0 heterocycles. The number of hydrogen-bond donors (Lipinski definition) is 0. The molecule has 0 rings (SSSR count). The highest BCUT2D eigenvalue weighted by molar-refractivity contribution is 8.76. The minimum absolute atomic E-state index is 1.03. The van der Waals surface area contributed by atoms with E-state index in [1.54, 1.807) is 10.7 Å². The largest absolute Gasteiger partial charge is 0.0938 e. The first-order valence-corrected chi connectivity index (χ1v) is 6.46. The van der Waals surface area contributed by atoms with Crippen molar-refractivity contribution >= 4 is 56.8 Å². The van der Waals surface area contributed by atoms with Crippen LogP contribution in [0.5, 0.6) is 0 Å². The molecule has 0 spiro atoms. The summed E-state index contributed by atoms with van der Waals surface area (Å²) in [5.74, 6) is 2.26. The van der Waals surface area contributed by atoms with Crippen LogP contribution in [-0.4, -0.2) is 22.2 Å². The molecule has 0 bridgehead atoms. The van der Waals surface area contributed by atoms with E-state index in [9.17, 15) is 0 Å². The summed E-state index contributed by atoms with van der Waals surface area (Å²) in [4.78, 5) is 0. The molecule has 0 fully saturated rings. The Morgan fingerprint density at radius 2 is 1.30 bits per heavy atom. The molecule has 0 amide bonds. The van der Waals surface area contributed by atoms with Gasteiger partial charge >= 0.3 is 0 Å². The molecule has 0 aromatic heterocycles. The summed E-state index contributed by atoms with van der Waals surface area (Å²) >= 11 is 9.36. The van der Waals surface area contributed by atoms with Gasteiger partial charge in [0.2, 0.25) is 0 Å². The maximum atomic E-state index is 4.68. The van der Waals surface area contributed by atoms with Gasteiger partial charge in [-0.05, 0) is 23.6 Å². The van der Waals surface area contributed by atoms with Gasteiger partial charge in [0.1, 0.15) is 0 Å². The molecule has 0 nitrogen and oxygen atoms in total. The van der Waals surface area contributed by atoms with Gasteiger partial charge in [0.15, 0.2) is 0 Å². The number of rotatable bonds is 7. The van der Waals surface area contributed by atoms with Gasteiger partial charge in [-0.15, -0.1) is 0 Å². The fraction of sp³-hybridized carbons (Fsp3) is 0.667. The average Bonchev–Trinajstić information content (AvgIpc) is 1.97. The van der Waals surface area contributed by atoms with Gasteiger partial charge in [-0.2, -0.15) is 0 Å². The van der Waals surface area contributed by atoms with Crippen molar-refractivity contribution < 1.29 is 0 Å². The van der Waals surface area contributed by atoms with Crippen molar-refractivity contribution in [1.29, 1.82) is 0 Å². The lowest BCUT2D eigenvalue weighted by Crippen LogP contribution is -1.78. The predicted molar refractivity (Wildman–Crippen MR) is 61.5 cm³/mol. The van der Waals surface area contributed by atoms with Crippen molar-refractivity contribution in [3.63, 3.8) is 0 Å². The van der Waals surface area contributed by atoms with Crippen molar-refractivity contribution in [2.75, 3.05) is 11.5 Å². The second-order valence-electron chi connectivity index (χ2n) is 1.55. The maximum Gasteiger partial charge on any atom is 0.00797 e. The Bertz CT molecular complexity index is 79.7. The number of thiocarbonyl (C=S) groups is 2. The molecule has 0 saturated carbocycles. The summed E-state index contributed by atoms with van der Waals surface area (Å²) in [5, 5.41) is 3.57. The van der Waals surface area contributed by atoms with E-state index in [2.05, 4.69) is 24.4 Å². The molecule has 0 radical (unpaired) electrons. The van der Waals surface area contributed by atoms with Gasteiger partial charge in [-0.3, -0.25) is 0 Å². The van der Waals surface area contributed by atoms with Crippen LogP contribution < -0.4 is 0 Å². The topological polar surface area (TPSA) is 0 Å². The minimum Gasteiger partial charge on any atom is -0.0938 e. The number of hydrogen-bond acceptors (Lipinski definition) is 4.